The van der Waals surface area contributed by atoms with Crippen molar-refractivity contribution >= 4 is 5.69 Å². The molecule has 2 rings (SSSR count). The Morgan fingerprint density at radius 1 is 1.15 bits per heavy atom. The SMILES string of the molecule is CNC(C)c1cccc(Oc2cccc([N+](=O)[O-])c2)c1. The fourth-order valence-electron chi connectivity index (χ4n) is 1.81. The van der Waals surface area contributed by atoms with Crippen molar-refractivity contribution in [1.29, 1.82) is 0 Å². The van der Waals surface area contributed by atoms with Gasteiger partial charge in [-0.1, -0.05) is 18.2 Å². The standard InChI is InChI=1S/C15H16N2O3/c1-11(16-2)12-5-3-7-14(9-12)20-15-8-4-6-13(10-15)17(18)19/h3-11,16H,1-2H3. The molecule has 1 N–H and O–H groups in total. The minimum Gasteiger partial charge on any atom is -0.457 e. The highest BCUT2D eigenvalue weighted by Crippen LogP contribution is 2.27. The van der Waals surface area contributed by atoms with Gasteiger partial charge in [-0.05, 0) is 37.7 Å². The van der Waals surface area contributed by atoms with E-state index in [9.17, 15) is 10.1 Å². The smallest absolute Gasteiger partial charge is 0.273 e. The fraction of sp³-hybridized carbons (Fsp3) is 0.200. The topological polar surface area (TPSA) is 64.4 Å². The molecule has 0 aliphatic carbocycles. The summed E-state index contributed by atoms with van der Waals surface area (Å²) in [5, 5.41) is 13.9. The quantitative estimate of drug-likeness (QED) is 0.666. The van der Waals surface area contributed by atoms with Gasteiger partial charge >= 0.3 is 0 Å². The number of ether oxygens (including phenoxy) is 1. The summed E-state index contributed by atoms with van der Waals surface area (Å²) in [7, 11) is 1.89. The first-order valence-corrected chi connectivity index (χ1v) is 6.29. The Labute approximate surface area is 117 Å². The first kappa shape index (κ1) is 14.0. The molecular formula is C15H16N2O3. The highest BCUT2D eigenvalue weighted by atomic mass is 16.6. The highest BCUT2D eigenvalue weighted by molar-refractivity contribution is 5.41. The lowest BCUT2D eigenvalue weighted by molar-refractivity contribution is -0.384. The summed E-state index contributed by atoms with van der Waals surface area (Å²) in [6.07, 6.45) is 0. The van der Waals surface area contributed by atoms with Gasteiger partial charge in [-0.15, -0.1) is 0 Å². The van der Waals surface area contributed by atoms with Crippen molar-refractivity contribution in [2.75, 3.05) is 7.05 Å². The molecule has 2 aromatic carbocycles. The summed E-state index contributed by atoms with van der Waals surface area (Å²) in [5.41, 5.74) is 1.11. The van der Waals surface area contributed by atoms with Crippen molar-refractivity contribution in [3.63, 3.8) is 0 Å². The second-order valence-electron chi connectivity index (χ2n) is 4.44. The molecule has 104 valence electrons. The molecule has 0 aromatic heterocycles. The van der Waals surface area contributed by atoms with Crippen LogP contribution in [0.1, 0.15) is 18.5 Å². The van der Waals surface area contributed by atoms with Crippen LogP contribution in [-0.4, -0.2) is 12.0 Å². The summed E-state index contributed by atoms with van der Waals surface area (Å²) < 4.78 is 5.67. The largest absolute Gasteiger partial charge is 0.457 e. The Balaban J connectivity index is 2.21. The van der Waals surface area contributed by atoms with Crippen LogP contribution >= 0.6 is 0 Å². The molecular weight excluding hydrogens is 256 g/mol. The number of nitro benzene ring substituents is 1. The maximum Gasteiger partial charge on any atom is 0.273 e. The molecule has 5 nitrogen and oxygen atoms in total. The maximum atomic E-state index is 10.7. The van der Waals surface area contributed by atoms with Gasteiger partial charge in [-0.25, -0.2) is 0 Å². The van der Waals surface area contributed by atoms with E-state index in [1.54, 1.807) is 12.1 Å². The van der Waals surface area contributed by atoms with Crippen LogP contribution in [0.25, 0.3) is 0 Å². The molecule has 0 bridgehead atoms. The van der Waals surface area contributed by atoms with Crippen LogP contribution in [0.5, 0.6) is 11.5 Å². The molecule has 0 aliphatic rings. The number of hydrogen-bond acceptors (Lipinski definition) is 4. The average Bonchev–Trinajstić information content (AvgIpc) is 2.47. The van der Waals surface area contributed by atoms with Crippen molar-refractivity contribution in [2.45, 2.75) is 13.0 Å². The lowest BCUT2D eigenvalue weighted by atomic mass is 10.1. The molecule has 1 unspecified atom stereocenters. The number of nitrogens with zero attached hydrogens (tertiary/aromatic N) is 1. The predicted molar refractivity (Wildman–Crippen MR) is 77.1 cm³/mol. The van der Waals surface area contributed by atoms with Crippen LogP contribution in [-0.2, 0) is 0 Å². The summed E-state index contributed by atoms with van der Waals surface area (Å²) >= 11 is 0. The summed E-state index contributed by atoms with van der Waals surface area (Å²) in [6, 6.07) is 14.0. The second-order valence-corrected chi connectivity index (χ2v) is 4.44. The van der Waals surface area contributed by atoms with Crippen molar-refractivity contribution < 1.29 is 9.66 Å². The van der Waals surface area contributed by atoms with E-state index in [0.717, 1.165) is 5.56 Å². The second kappa shape index (κ2) is 6.16. The first-order chi connectivity index (χ1) is 9.60. The maximum absolute atomic E-state index is 10.7. The summed E-state index contributed by atoms with van der Waals surface area (Å²) in [6.45, 7) is 2.05. The molecule has 0 spiro atoms. The van der Waals surface area contributed by atoms with Crippen LogP contribution in [0.4, 0.5) is 5.69 Å². The van der Waals surface area contributed by atoms with Crippen LogP contribution in [0.3, 0.4) is 0 Å². The van der Waals surface area contributed by atoms with Gasteiger partial charge < -0.3 is 10.1 Å². The Morgan fingerprint density at radius 2 is 1.80 bits per heavy atom. The van der Waals surface area contributed by atoms with Gasteiger partial charge in [0.2, 0.25) is 0 Å². The minimum atomic E-state index is -0.438. The lowest BCUT2D eigenvalue weighted by Gasteiger charge is -2.12. The monoisotopic (exact) mass is 272 g/mol. The van der Waals surface area contributed by atoms with Crippen LogP contribution in [0, 0.1) is 10.1 Å². The van der Waals surface area contributed by atoms with E-state index in [0.29, 0.717) is 11.5 Å². The molecule has 0 heterocycles. The van der Waals surface area contributed by atoms with Crippen molar-refractivity contribution in [1.82, 2.24) is 5.32 Å². The van der Waals surface area contributed by atoms with Crippen LogP contribution in [0.15, 0.2) is 48.5 Å². The highest BCUT2D eigenvalue weighted by Gasteiger charge is 2.08. The molecule has 0 fully saturated rings. The zero-order chi connectivity index (χ0) is 14.5. The molecule has 2 aromatic rings. The molecule has 0 amide bonds. The van der Waals surface area contributed by atoms with E-state index >= 15 is 0 Å². The van der Waals surface area contributed by atoms with Crippen LogP contribution < -0.4 is 10.1 Å². The fourth-order valence-corrected chi connectivity index (χ4v) is 1.81. The zero-order valence-electron chi connectivity index (χ0n) is 11.4. The number of nitrogens with one attached hydrogen (secondary N) is 1. The number of non-ortho nitro benzene ring substituents is 1. The number of rotatable bonds is 5. The van der Waals surface area contributed by atoms with Crippen molar-refractivity contribution in [3.8, 4) is 11.5 Å². The van der Waals surface area contributed by atoms with Gasteiger partial charge in [-0.2, -0.15) is 0 Å². The van der Waals surface area contributed by atoms with Gasteiger partial charge in [-0.3, -0.25) is 10.1 Å². The lowest BCUT2D eigenvalue weighted by Crippen LogP contribution is -2.11. The normalized spacial score (nSPS) is 11.9. The van der Waals surface area contributed by atoms with Gasteiger partial charge in [0.1, 0.15) is 11.5 Å². The third kappa shape index (κ3) is 3.33. The molecule has 1 atom stereocenters. The Kier molecular flexibility index (Phi) is 4.32. The Hall–Kier alpha value is -2.40. The van der Waals surface area contributed by atoms with E-state index in [1.807, 2.05) is 38.2 Å². The molecule has 0 aliphatic heterocycles. The molecule has 0 radical (unpaired) electrons. The van der Waals surface area contributed by atoms with E-state index in [2.05, 4.69) is 5.32 Å². The van der Waals surface area contributed by atoms with Gasteiger partial charge in [0.15, 0.2) is 0 Å². The molecule has 0 saturated carbocycles. The summed E-state index contributed by atoms with van der Waals surface area (Å²) in [5.74, 6) is 1.11. The third-order valence-electron chi connectivity index (χ3n) is 3.06. The number of hydrogen-bond donors (Lipinski definition) is 1. The van der Waals surface area contributed by atoms with Crippen molar-refractivity contribution in [3.05, 3.63) is 64.2 Å². The summed E-state index contributed by atoms with van der Waals surface area (Å²) in [4.78, 5) is 10.3. The minimum absolute atomic E-state index is 0.0160. The van der Waals surface area contributed by atoms with E-state index in [4.69, 9.17) is 4.74 Å². The van der Waals surface area contributed by atoms with Gasteiger partial charge in [0.05, 0.1) is 11.0 Å². The van der Waals surface area contributed by atoms with Gasteiger partial charge in [0, 0.05) is 12.1 Å². The van der Waals surface area contributed by atoms with Crippen molar-refractivity contribution in [2.24, 2.45) is 0 Å². The Morgan fingerprint density at radius 3 is 2.45 bits per heavy atom. The molecule has 5 heteroatoms. The van der Waals surface area contributed by atoms with E-state index in [-0.39, 0.29) is 11.7 Å². The third-order valence-corrected chi connectivity index (χ3v) is 3.06. The van der Waals surface area contributed by atoms with E-state index < -0.39 is 4.92 Å². The van der Waals surface area contributed by atoms with E-state index in [1.165, 1.54) is 12.1 Å². The molecule has 0 saturated heterocycles. The Bertz CT molecular complexity index is 614. The van der Waals surface area contributed by atoms with Crippen LogP contribution in [0.2, 0.25) is 0 Å². The van der Waals surface area contributed by atoms with Gasteiger partial charge in [0.25, 0.3) is 5.69 Å². The zero-order valence-corrected chi connectivity index (χ0v) is 11.4. The number of benzene rings is 2. The number of nitro groups is 1. The first-order valence-electron chi connectivity index (χ1n) is 6.29. The molecule has 20 heavy (non-hydrogen) atoms. The predicted octanol–water partition coefficient (Wildman–Crippen LogP) is 3.67. The average molecular weight is 272 g/mol.